The molecule has 1 heterocycles. The topological polar surface area (TPSA) is 96.6 Å². The van der Waals surface area contributed by atoms with E-state index >= 15 is 0 Å². The lowest BCUT2D eigenvalue weighted by molar-refractivity contribution is -0.389. The molecule has 0 aliphatic carbocycles. The lowest BCUT2D eigenvalue weighted by Crippen LogP contribution is -2.26. The summed E-state index contributed by atoms with van der Waals surface area (Å²) in [7, 11) is 0. The summed E-state index contributed by atoms with van der Waals surface area (Å²) >= 11 is 0. The first kappa shape index (κ1) is 14.4. The molecule has 0 atom stereocenters. The van der Waals surface area contributed by atoms with Crippen LogP contribution in [-0.4, -0.2) is 34.1 Å². The van der Waals surface area contributed by atoms with Gasteiger partial charge in [-0.15, -0.1) is 6.42 Å². The summed E-state index contributed by atoms with van der Waals surface area (Å²) < 4.78 is 0. The number of nitrogens with zero attached hydrogens (tertiary/aromatic N) is 3. The summed E-state index contributed by atoms with van der Waals surface area (Å²) in [6.45, 7) is 2.68. The van der Waals surface area contributed by atoms with Gasteiger partial charge in [0.2, 0.25) is 0 Å². The predicted molar refractivity (Wildman–Crippen MR) is 69.2 cm³/mol. The Labute approximate surface area is 110 Å². The SMILES string of the molecule is C#CCN(CCC)c1cnc([N+](=O)[O-])cc1C(=O)O. The third-order valence-electron chi connectivity index (χ3n) is 2.40. The van der Waals surface area contributed by atoms with Gasteiger partial charge in [-0.05, 0) is 16.3 Å². The maximum Gasteiger partial charge on any atom is 0.364 e. The number of terminal acetylenes is 1. The van der Waals surface area contributed by atoms with Crippen LogP contribution in [-0.2, 0) is 0 Å². The van der Waals surface area contributed by atoms with Gasteiger partial charge in [0.05, 0.1) is 23.9 Å². The molecule has 0 unspecified atom stereocenters. The lowest BCUT2D eigenvalue weighted by Gasteiger charge is -2.21. The lowest BCUT2D eigenvalue weighted by atomic mass is 10.2. The standard InChI is InChI=1S/C12H13N3O4/c1-3-5-14(6-4-2)10-8-13-11(15(18)19)7-9(10)12(16)17/h1,7-8H,4-6H2,2H3,(H,16,17). The molecule has 0 radical (unpaired) electrons. The molecule has 0 aliphatic heterocycles. The summed E-state index contributed by atoms with van der Waals surface area (Å²) in [5.74, 6) is 0.673. The molecule has 1 rings (SSSR count). The van der Waals surface area contributed by atoms with E-state index in [9.17, 15) is 14.9 Å². The molecule has 0 aliphatic rings. The van der Waals surface area contributed by atoms with E-state index in [1.165, 1.54) is 6.20 Å². The van der Waals surface area contributed by atoms with Gasteiger partial charge in [-0.25, -0.2) is 4.79 Å². The average Bonchev–Trinajstić information content (AvgIpc) is 2.37. The molecular formula is C12H13N3O4. The number of carboxylic acid groups (broad SMARTS) is 1. The van der Waals surface area contributed by atoms with E-state index in [1.54, 1.807) is 4.90 Å². The zero-order chi connectivity index (χ0) is 14.4. The molecule has 1 aromatic heterocycles. The minimum Gasteiger partial charge on any atom is -0.478 e. The van der Waals surface area contributed by atoms with Crippen LogP contribution in [0.1, 0.15) is 23.7 Å². The van der Waals surface area contributed by atoms with Crippen LogP contribution in [0.4, 0.5) is 11.5 Å². The Bertz CT molecular complexity index is 536. The molecule has 0 saturated carbocycles. The van der Waals surface area contributed by atoms with Crippen molar-refractivity contribution >= 4 is 17.5 Å². The van der Waals surface area contributed by atoms with Gasteiger partial charge in [0.25, 0.3) is 0 Å². The van der Waals surface area contributed by atoms with E-state index in [4.69, 9.17) is 11.5 Å². The third kappa shape index (κ3) is 3.42. The molecular weight excluding hydrogens is 250 g/mol. The van der Waals surface area contributed by atoms with Gasteiger partial charge in [-0.3, -0.25) is 0 Å². The van der Waals surface area contributed by atoms with Crippen LogP contribution in [0.2, 0.25) is 0 Å². The monoisotopic (exact) mass is 263 g/mol. The number of rotatable bonds is 6. The number of nitro groups is 1. The average molecular weight is 263 g/mol. The van der Waals surface area contributed by atoms with Crippen LogP contribution in [0.3, 0.4) is 0 Å². The number of hydrogen-bond donors (Lipinski definition) is 1. The van der Waals surface area contributed by atoms with Crippen molar-refractivity contribution in [1.29, 1.82) is 0 Å². The maximum absolute atomic E-state index is 11.2. The fourth-order valence-electron chi connectivity index (χ4n) is 1.63. The van der Waals surface area contributed by atoms with Crippen LogP contribution in [0.5, 0.6) is 0 Å². The highest BCUT2D eigenvalue weighted by atomic mass is 16.6. The normalized spacial score (nSPS) is 9.68. The molecule has 0 bridgehead atoms. The van der Waals surface area contributed by atoms with Gasteiger partial charge in [0.15, 0.2) is 6.20 Å². The molecule has 0 saturated heterocycles. The summed E-state index contributed by atoms with van der Waals surface area (Å²) in [5.41, 5.74) is 0.114. The Morgan fingerprint density at radius 2 is 2.37 bits per heavy atom. The highest BCUT2D eigenvalue weighted by molar-refractivity contribution is 5.94. The Morgan fingerprint density at radius 3 is 2.84 bits per heavy atom. The molecule has 100 valence electrons. The zero-order valence-electron chi connectivity index (χ0n) is 10.4. The summed E-state index contributed by atoms with van der Waals surface area (Å²) in [6, 6.07) is 0.941. The van der Waals surface area contributed by atoms with Crippen LogP contribution in [0.15, 0.2) is 12.3 Å². The second kappa shape index (κ2) is 6.35. The van der Waals surface area contributed by atoms with Gasteiger partial charge >= 0.3 is 11.8 Å². The minimum atomic E-state index is -1.25. The summed E-state index contributed by atoms with van der Waals surface area (Å²) in [5, 5.41) is 19.7. The third-order valence-corrected chi connectivity index (χ3v) is 2.40. The van der Waals surface area contributed by atoms with Gasteiger partial charge in [-0.1, -0.05) is 12.8 Å². The zero-order valence-corrected chi connectivity index (χ0v) is 10.4. The number of aromatic nitrogens is 1. The van der Waals surface area contributed by atoms with E-state index in [0.717, 1.165) is 12.5 Å². The van der Waals surface area contributed by atoms with E-state index in [2.05, 4.69) is 10.9 Å². The fourth-order valence-corrected chi connectivity index (χ4v) is 1.63. The van der Waals surface area contributed by atoms with Crippen molar-refractivity contribution in [2.45, 2.75) is 13.3 Å². The first-order valence-electron chi connectivity index (χ1n) is 5.57. The number of anilines is 1. The van der Waals surface area contributed by atoms with Crippen molar-refractivity contribution in [2.75, 3.05) is 18.0 Å². The second-order valence-corrected chi connectivity index (χ2v) is 3.75. The fraction of sp³-hybridized carbons (Fsp3) is 0.333. The van der Waals surface area contributed by atoms with Crippen molar-refractivity contribution < 1.29 is 14.8 Å². The summed E-state index contributed by atoms with van der Waals surface area (Å²) in [4.78, 5) is 26.3. The van der Waals surface area contributed by atoms with Crippen molar-refractivity contribution in [2.24, 2.45) is 0 Å². The van der Waals surface area contributed by atoms with Gasteiger partial charge in [0, 0.05) is 6.54 Å². The Morgan fingerprint density at radius 1 is 1.68 bits per heavy atom. The highest BCUT2D eigenvalue weighted by Gasteiger charge is 2.21. The minimum absolute atomic E-state index is 0.176. The van der Waals surface area contributed by atoms with Gasteiger partial charge in [-0.2, -0.15) is 0 Å². The number of pyridine rings is 1. The van der Waals surface area contributed by atoms with Crippen molar-refractivity contribution in [3.8, 4) is 12.3 Å². The van der Waals surface area contributed by atoms with E-state index < -0.39 is 16.7 Å². The molecule has 0 spiro atoms. The van der Waals surface area contributed by atoms with Gasteiger partial charge in [0.1, 0.15) is 0 Å². The first-order valence-corrected chi connectivity index (χ1v) is 5.57. The number of carboxylic acids is 1. The predicted octanol–water partition coefficient (Wildman–Crippen LogP) is 1.54. The first-order chi connectivity index (χ1) is 9.01. The number of aromatic carboxylic acids is 1. The van der Waals surface area contributed by atoms with E-state index in [-0.39, 0.29) is 17.8 Å². The summed E-state index contributed by atoms with van der Waals surface area (Å²) in [6.07, 6.45) is 7.17. The second-order valence-electron chi connectivity index (χ2n) is 3.75. The van der Waals surface area contributed by atoms with Gasteiger partial charge < -0.3 is 20.1 Å². The largest absolute Gasteiger partial charge is 0.478 e. The van der Waals surface area contributed by atoms with Crippen LogP contribution in [0.25, 0.3) is 0 Å². The molecule has 1 aromatic rings. The Balaban J connectivity index is 3.29. The Kier molecular flexibility index (Phi) is 4.83. The number of carbonyl (C=O) groups is 1. The number of hydrogen-bond acceptors (Lipinski definition) is 5. The molecule has 19 heavy (non-hydrogen) atoms. The molecule has 0 fully saturated rings. The van der Waals surface area contributed by atoms with Crippen LogP contribution in [0, 0.1) is 22.5 Å². The van der Waals surface area contributed by atoms with Crippen molar-refractivity contribution in [3.63, 3.8) is 0 Å². The highest BCUT2D eigenvalue weighted by Crippen LogP contribution is 2.23. The van der Waals surface area contributed by atoms with Crippen LogP contribution < -0.4 is 4.90 Å². The Hall–Kier alpha value is -2.62. The molecule has 1 N–H and O–H groups in total. The van der Waals surface area contributed by atoms with Crippen molar-refractivity contribution in [3.05, 3.63) is 27.9 Å². The van der Waals surface area contributed by atoms with E-state index in [1.807, 2.05) is 6.92 Å². The molecule has 0 aromatic carbocycles. The smallest absolute Gasteiger partial charge is 0.364 e. The molecule has 7 nitrogen and oxygen atoms in total. The van der Waals surface area contributed by atoms with Crippen LogP contribution >= 0.6 is 0 Å². The molecule has 7 heteroatoms. The molecule has 0 amide bonds. The maximum atomic E-state index is 11.2. The van der Waals surface area contributed by atoms with E-state index in [0.29, 0.717) is 6.54 Å². The van der Waals surface area contributed by atoms with Crippen molar-refractivity contribution in [1.82, 2.24) is 4.98 Å². The quantitative estimate of drug-likeness (QED) is 0.475.